The summed E-state index contributed by atoms with van der Waals surface area (Å²) in [7, 11) is 1.75. The third-order valence-corrected chi connectivity index (χ3v) is 4.44. The molecule has 1 atom stereocenters. The molecule has 1 aliphatic heterocycles. The predicted molar refractivity (Wildman–Crippen MR) is 81.3 cm³/mol. The molecule has 0 spiro atoms. The molecule has 0 radical (unpaired) electrons. The Morgan fingerprint density at radius 1 is 1.33 bits per heavy atom. The second-order valence-electron chi connectivity index (χ2n) is 5.69. The number of anilines is 1. The van der Waals surface area contributed by atoms with Gasteiger partial charge in [-0.3, -0.25) is 14.5 Å². The SMILES string of the molecule is CCC1(C(=O)O)CCN(CC(=O)N(C)c2ccccc2)C1. The summed E-state index contributed by atoms with van der Waals surface area (Å²) in [5.41, 5.74) is 0.160. The molecular weight excluding hydrogens is 268 g/mol. The monoisotopic (exact) mass is 290 g/mol. The maximum Gasteiger partial charge on any atom is 0.310 e. The van der Waals surface area contributed by atoms with Crippen LogP contribution in [0.3, 0.4) is 0 Å². The van der Waals surface area contributed by atoms with Crippen LogP contribution in [0.1, 0.15) is 19.8 Å². The molecule has 0 saturated carbocycles. The van der Waals surface area contributed by atoms with Gasteiger partial charge in [0.1, 0.15) is 0 Å². The smallest absolute Gasteiger partial charge is 0.310 e. The second-order valence-corrected chi connectivity index (χ2v) is 5.69. The van der Waals surface area contributed by atoms with E-state index in [0.29, 0.717) is 25.9 Å². The van der Waals surface area contributed by atoms with Crippen molar-refractivity contribution in [3.63, 3.8) is 0 Å². The van der Waals surface area contributed by atoms with Gasteiger partial charge in [0, 0.05) is 19.3 Å². The molecule has 1 aliphatic rings. The molecule has 1 unspecified atom stereocenters. The number of carbonyl (C=O) groups excluding carboxylic acids is 1. The Labute approximate surface area is 125 Å². The molecule has 5 heteroatoms. The third-order valence-electron chi connectivity index (χ3n) is 4.44. The maximum absolute atomic E-state index is 12.3. The molecule has 1 aromatic rings. The Morgan fingerprint density at radius 2 is 2.00 bits per heavy atom. The van der Waals surface area contributed by atoms with Crippen molar-refractivity contribution in [2.45, 2.75) is 19.8 Å². The summed E-state index contributed by atoms with van der Waals surface area (Å²) in [4.78, 5) is 27.3. The van der Waals surface area contributed by atoms with E-state index in [1.807, 2.05) is 42.2 Å². The summed E-state index contributed by atoms with van der Waals surface area (Å²) in [5.74, 6) is -0.769. The van der Waals surface area contributed by atoms with Crippen LogP contribution in [-0.4, -0.2) is 48.6 Å². The lowest BCUT2D eigenvalue weighted by Crippen LogP contribution is -2.40. The Kier molecular flexibility index (Phi) is 4.63. The zero-order chi connectivity index (χ0) is 15.5. The fourth-order valence-corrected chi connectivity index (χ4v) is 2.80. The second kappa shape index (κ2) is 6.26. The van der Waals surface area contributed by atoms with Gasteiger partial charge in [0.15, 0.2) is 0 Å². The highest BCUT2D eigenvalue weighted by Crippen LogP contribution is 2.34. The number of aliphatic carboxylic acids is 1. The molecular formula is C16H22N2O3. The molecule has 5 nitrogen and oxygen atoms in total. The molecule has 1 saturated heterocycles. The molecule has 0 bridgehead atoms. The standard InChI is InChI=1S/C16H22N2O3/c1-3-16(15(20)21)9-10-18(12-16)11-14(19)17(2)13-7-5-4-6-8-13/h4-8H,3,9-12H2,1-2H3,(H,20,21). The summed E-state index contributed by atoms with van der Waals surface area (Å²) < 4.78 is 0. The lowest BCUT2D eigenvalue weighted by atomic mass is 9.84. The first kappa shape index (κ1) is 15.5. The van der Waals surface area contributed by atoms with Crippen LogP contribution < -0.4 is 4.90 Å². The number of amides is 1. The first-order valence-corrected chi connectivity index (χ1v) is 7.26. The lowest BCUT2D eigenvalue weighted by Gasteiger charge is -2.24. The number of hydrogen-bond donors (Lipinski definition) is 1. The summed E-state index contributed by atoms with van der Waals surface area (Å²) >= 11 is 0. The van der Waals surface area contributed by atoms with Gasteiger partial charge in [0.2, 0.25) is 5.91 Å². The van der Waals surface area contributed by atoms with Gasteiger partial charge in [-0.2, -0.15) is 0 Å². The van der Waals surface area contributed by atoms with E-state index in [0.717, 1.165) is 5.69 Å². The van der Waals surface area contributed by atoms with E-state index in [1.54, 1.807) is 11.9 Å². The van der Waals surface area contributed by atoms with Crippen molar-refractivity contribution in [3.8, 4) is 0 Å². The van der Waals surface area contributed by atoms with Crippen molar-refractivity contribution in [1.29, 1.82) is 0 Å². The first-order chi connectivity index (χ1) is 9.98. The minimum Gasteiger partial charge on any atom is -0.481 e. The first-order valence-electron chi connectivity index (χ1n) is 7.26. The van der Waals surface area contributed by atoms with Gasteiger partial charge < -0.3 is 10.0 Å². The summed E-state index contributed by atoms with van der Waals surface area (Å²) in [6, 6.07) is 9.46. The number of carboxylic acids is 1. The minimum atomic E-state index is -0.753. The Balaban J connectivity index is 1.97. The average molecular weight is 290 g/mol. The van der Waals surface area contributed by atoms with Gasteiger partial charge in [0.25, 0.3) is 0 Å². The van der Waals surface area contributed by atoms with Crippen molar-refractivity contribution in [1.82, 2.24) is 4.90 Å². The van der Waals surface area contributed by atoms with Crippen LogP contribution in [-0.2, 0) is 9.59 Å². The number of likely N-dealkylation sites (N-methyl/N-ethyl adjacent to an activating group) is 1. The van der Waals surface area contributed by atoms with Gasteiger partial charge >= 0.3 is 5.97 Å². The van der Waals surface area contributed by atoms with Crippen molar-refractivity contribution in [2.24, 2.45) is 5.41 Å². The Hall–Kier alpha value is -1.88. The normalized spacial score (nSPS) is 22.2. The fraction of sp³-hybridized carbons (Fsp3) is 0.500. The Morgan fingerprint density at radius 3 is 2.52 bits per heavy atom. The number of carbonyl (C=O) groups is 2. The molecule has 21 heavy (non-hydrogen) atoms. The molecule has 0 aromatic heterocycles. The number of likely N-dealkylation sites (tertiary alicyclic amines) is 1. The molecule has 1 amide bonds. The van der Waals surface area contributed by atoms with E-state index in [4.69, 9.17) is 0 Å². The zero-order valence-electron chi connectivity index (χ0n) is 12.6. The number of rotatable bonds is 5. The minimum absolute atomic E-state index is 0.0153. The van der Waals surface area contributed by atoms with Crippen LogP contribution in [0.2, 0.25) is 0 Å². The molecule has 0 aliphatic carbocycles. The van der Waals surface area contributed by atoms with E-state index in [-0.39, 0.29) is 12.5 Å². The summed E-state index contributed by atoms with van der Waals surface area (Å²) in [6.07, 6.45) is 1.21. The quantitative estimate of drug-likeness (QED) is 0.899. The van der Waals surface area contributed by atoms with E-state index >= 15 is 0 Å². The number of nitrogens with zero attached hydrogens (tertiary/aromatic N) is 2. The van der Waals surface area contributed by atoms with Gasteiger partial charge in [-0.25, -0.2) is 0 Å². The van der Waals surface area contributed by atoms with Crippen LogP contribution >= 0.6 is 0 Å². The molecule has 2 rings (SSSR count). The van der Waals surface area contributed by atoms with Crippen LogP contribution in [0, 0.1) is 5.41 Å². The Bertz CT molecular complexity index is 518. The largest absolute Gasteiger partial charge is 0.481 e. The van der Waals surface area contributed by atoms with Crippen LogP contribution in [0.25, 0.3) is 0 Å². The van der Waals surface area contributed by atoms with Crippen molar-refractivity contribution in [2.75, 3.05) is 31.6 Å². The highest BCUT2D eigenvalue weighted by molar-refractivity contribution is 5.94. The lowest BCUT2D eigenvalue weighted by molar-refractivity contribution is -0.148. The van der Waals surface area contributed by atoms with E-state index in [2.05, 4.69) is 0 Å². The van der Waals surface area contributed by atoms with Crippen molar-refractivity contribution in [3.05, 3.63) is 30.3 Å². The van der Waals surface area contributed by atoms with Gasteiger partial charge in [-0.05, 0) is 31.5 Å². The molecule has 1 N–H and O–H groups in total. The van der Waals surface area contributed by atoms with Gasteiger partial charge in [-0.1, -0.05) is 25.1 Å². The average Bonchev–Trinajstić information content (AvgIpc) is 2.92. The van der Waals surface area contributed by atoms with E-state index in [1.165, 1.54) is 0 Å². The fourth-order valence-electron chi connectivity index (χ4n) is 2.80. The predicted octanol–water partition coefficient (Wildman–Crippen LogP) is 1.84. The molecule has 114 valence electrons. The molecule has 1 heterocycles. The van der Waals surface area contributed by atoms with Crippen molar-refractivity contribution >= 4 is 17.6 Å². The summed E-state index contributed by atoms with van der Waals surface area (Å²) in [6.45, 7) is 3.28. The van der Waals surface area contributed by atoms with Gasteiger partial charge in [-0.15, -0.1) is 0 Å². The summed E-state index contributed by atoms with van der Waals surface area (Å²) in [5, 5.41) is 9.38. The topological polar surface area (TPSA) is 60.9 Å². The number of benzene rings is 1. The van der Waals surface area contributed by atoms with Gasteiger partial charge in [0.05, 0.1) is 12.0 Å². The number of carboxylic acid groups (broad SMARTS) is 1. The number of hydrogen-bond acceptors (Lipinski definition) is 3. The van der Waals surface area contributed by atoms with E-state index < -0.39 is 11.4 Å². The van der Waals surface area contributed by atoms with Crippen LogP contribution in [0.5, 0.6) is 0 Å². The third kappa shape index (κ3) is 3.24. The molecule has 1 aromatic carbocycles. The van der Waals surface area contributed by atoms with Crippen LogP contribution in [0.4, 0.5) is 5.69 Å². The van der Waals surface area contributed by atoms with E-state index in [9.17, 15) is 14.7 Å². The van der Waals surface area contributed by atoms with Crippen LogP contribution in [0.15, 0.2) is 30.3 Å². The molecule has 1 fully saturated rings. The maximum atomic E-state index is 12.3. The zero-order valence-corrected chi connectivity index (χ0v) is 12.6. The number of para-hydroxylation sites is 1. The highest BCUT2D eigenvalue weighted by atomic mass is 16.4. The van der Waals surface area contributed by atoms with Crippen molar-refractivity contribution < 1.29 is 14.7 Å². The highest BCUT2D eigenvalue weighted by Gasteiger charge is 2.43.